The van der Waals surface area contributed by atoms with E-state index in [9.17, 15) is 9.18 Å². The summed E-state index contributed by atoms with van der Waals surface area (Å²) in [6.07, 6.45) is 0.106. The Hall–Kier alpha value is -1.42. The van der Waals surface area contributed by atoms with E-state index in [0.29, 0.717) is 12.2 Å². The van der Waals surface area contributed by atoms with Crippen LogP contribution in [-0.4, -0.2) is 12.6 Å². The molecule has 1 atom stereocenters. The van der Waals surface area contributed by atoms with Gasteiger partial charge < -0.3 is 10.5 Å². The maximum atomic E-state index is 13.3. The Kier molecular flexibility index (Phi) is 4.24. The Labute approximate surface area is 88.0 Å². The fourth-order valence-electron chi connectivity index (χ4n) is 1.34. The SMILES string of the molecule is CCOC(=O)CC([NH3+])c1ccccc1F. The van der Waals surface area contributed by atoms with E-state index in [2.05, 4.69) is 5.73 Å². The Bertz CT molecular complexity index is 341. The maximum absolute atomic E-state index is 13.3. The Morgan fingerprint density at radius 1 is 1.53 bits per heavy atom. The smallest absolute Gasteiger partial charge is 0.312 e. The van der Waals surface area contributed by atoms with E-state index in [1.165, 1.54) is 6.07 Å². The largest absolute Gasteiger partial charge is 0.466 e. The van der Waals surface area contributed by atoms with Crippen LogP contribution in [0.4, 0.5) is 4.39 Å². The number of hydrogen-bond acceptors (Lipinski definition) is 2. The third-order valence-electron chi connectivity index (χ3n) is 2.06. The van der Waals surface area contributed by atoms with Gasteiger partial charge in [0.05, 0.1) is 6.61 Å². The van der Waals surface area contributed by atoms with Crippen LogP contribution in [0.2, 0.25) is 0 Å². The summed E-state index contributed by atoms with van der Waals surface area (Å²) in [5.74, 6) is -0.678. The fourth-order valence-corrected chi connectivity index (χ4v) is 1.34. The molecule has 0 aliphatic heterocycles. The van der Waals surface area contributed by atoms with Crippen LogP contribution in [0.3, 0.4) is 0 Å². The van der Waals surface area contributed by atoms with Crippen molar-refractivity contribution in [1.29, 1.82) is 0 Å². The van der Waals surface area contributed by atoms with Gasteiger partial charge in [0.2, 0.25) is 0 Å². The summed E-state index contributed by atoms with van der Waals surface area (Å²) in [5, 5.41) is 0. The standard InChI is InChI=1S/C11H14FNO2/c1-2-15-11(14)7-10(13)8-5-3-4-6-9(8)12/h3-6,10H,2,7,13H2,1H3/p+1. The first-order valence-corrected chi connectivity index (χ1v) is 4.88. The van der Waals surface area contributed by atoms with E-state index in [0.717, 1.165) is 0 Å². The highest BCUT2D eigenvalue weighted by atomic mass is 19.1. The number of carbonyl (C=O) groups excluding carboxylic acids is 1. The van der Waals surface area contributed by atoms with Gasteiger partial charge in [0.1, 0.15) is 18.3 Å². The molecule has 3 N–H and O–H groups in total. The molecule has 1 aromatic carbocycles. The van der Waals surface area contributed by atoms with Crippen LogP contribution >= 0.6 is 0 Å². The van der Waals surface area contributed by atoms with E-state index in [1.807, 2.05) is 0 Å². The molecule has 4 heteroatoms. The van der Waals surface area contributed by atoms with E-state index in [-0.39, 0.29) is 18.2 Å². The molecule has 1 rings (SSSR count). The molecule has 0 radical (unpaired) electrons. The summed E-state index contributed by atoms with van der Waals surface area (Å²) in [6.45, 7) is 2.07. The number of esters is 1. The third-order valence-corrected chi connectivity index (χ3v) is 2.06. The molecule has 0 fully saturated rings. The van der Waals surface area contributed by atoms with Gasteiger partial charge in [-0.25, -0.2) is 4.39 Å². The highest BCUT2D eigenvalue weighted by Crippen LogP contribution is 2.16. The van der Waals surface area contributed by atoms with Gasteiger partial charge in [-0.3, -0.25) is 4.79 Å². The van der Waals surface area contributed by atoms with Gasteiger partial charge in [0, 0.05) is 5.56 Å². The second-order valence-corrected chi connectivity index (χ2v) is 3.23. The molecule has 0 aliphatic carbocycles. The molecule has 0 amide bonds. The van der Waals surface area contributed by atoms with E-state index in [1.54, 1.807) is 25.1 Å². The first-order valence-electron chi connectivity index (χ1n) is 4.88. The molecular formula is C11H15FNO2+. The Balaban J connectivity index is 2.65. The summed E-state index contributed by atoms with van der Waals surface area (Å²) < 4.78 is 18.1. The number of ether oxygens (including phenoxy) is 1. The number of rotatable bonds is 4. The second kappa shape index (κ2) is 5.46. The number of benzene rings is 1. The number of carbonyl (C=O) groups is 1. The molecule has 15 heavy (non-hydrogen) atoms. The van der Waals surface area contributed by atoms with Crippen molar-refractivity contribution >= 4 is 5.97 Å². The van der Waals surface area contributed by atoms with Gasteiger partial charge in [0.25, 0.3) is 0 Å². The molecule has 0 aromatic heterocycles. The molecule has 3 nitrogen and oxygen atoms in total. The first kappa shape index (κ1) is 11.7. The van der Waals surface area contributed by atoms with Gasteiger partial charge in [-0.2, -0.15) is 0 Å². The van der Waals surface area contributed by atoms with Gasteiger partial charge in [-0.15, -0.1) is 0 Å². The number of halogens is 1. The van der Waals surface area contributed by atoms with Crippen LogP contribution in [0.1, 0.15) is 24.9 Å². The fraction of sp³-hybridized carbons (Fsp3) is 0.364. The van der Waals surface area contributed by atoms with Crippen LogP contribution in [-0.2, 0) is 9.53 Å². The zero-order chi connectivity index (χ0) is 11.3. The van der Waals surface area contributed by atoms with Gasteiger partial charge in [-0.05, 0) is 13.0 Å². The molecule has 0 aliphatic rings. The Morgan fingerprint density at radius 3 is 2.80 bits per heavy atom. The summed E-state index contributed by atoms with van der Waals surface area (Å²) in [7, 11) is 0. The lowest BCUT2D eigenvalue weighted by Crippen LogP contribution is -2.54. The van der Waals surface area contributed by atoms with Crippen LogP contribution < -0.4 is 5.73 Å². The highest BCUT2D eigenvalue weighted by molar-refractivity contribution is 5.70. The monoisotopic (exact) mass is 212 g/mol. The molecular weight excluding hydrogens is 197 g/mol. The van der Waals surface area contributed by atoms with Gasteiger partial charge in [0.15, 0.2) is 0 Å². The van der Waals surface area contributed by atoms with Crippen LogP contribution in [0.5, 0.6) is 0 Å². The van der Waals surface area contributed by atoms with Crippen molar-refractivity contribution < 1.29 is 19.7 Å². The minimum Gasteiger partial charge on any atom is -0.466 e. The van der Waals surface area contributed by atoms with E-state index >= 15 is 0 Å². The summed E-state index contributed by atoms with van der Waals surface area (Å²) >= 11 is 0. The van der Waals surface area contributed by atoms with E-state index < -0.39 is 6.04 Å². The zero-order valence-corrected chi connectivity index (χ0v) is 8.70. The molecule has 82 valence electrons. The number of quaternary nitrogens is 1. The molecule has 0 spiro atoms. The third kappa shape index (κ3) is 3.32. The lowest BCUT2D eigenvalue weighted by Gasteiger charge is -2.08. The maximum Gasteiger partial charge on any atom is 0.312 e. The molecule has 0 saturated heterocycles. The molecule has 0 heterocycles. The Morgan fingerprint density at radius 2 is 2.20 bits per heavy atom. The second-order valence-electron chi connectivity index (χ2n) is 3.23. The van der Waals surface area contributed by atoms with Crippen LogP contribution in [0.25, 0.3) is 0 Å². The molecule has 0 bridgehead atoms. The van der Waals surface area contributed by atoms with Crippen molar-refractivity contribution in [3.8, 4) is 0 Å². The zero-order valence-electron chi connectivity index (χ0n) is 8.70. The lowest BCUT2D eigenvalue weighted by molar-refractivity contribution is -0.426. The predicted octanol–water partition coefficient (Wildman–Crippen LogP) is 1.06. The summed E-state index contributed by atoms with van der Waals surface area (Å²) in [4.78, 5) is 11.2. The van der Waals surface area contributed by atoms with Crippen molar-refractivity contribution in [3.05, 3.63) is 35.6 Å². The minimum absolute atomic E-state index is 0.106. The van der Waals surface area contributed by atoms with Crippen molar-refractivity contribution in [2.24, 2.45) is 0 Å². The molecule has 1 aromatic rings. The molecule has 0 saturated carbocycles. The van der Waals surface area contributed by atoms with Crippen molar-refractivity contribution in [1.82, 2.24) is 0 Å². The van der Waals surface area contributed by atoms with Gasteiger partial charge in [-0.1, -0.05) is 18.2 Å². The number of hydrogen-bond donors (Lipinski definition) is 1. The average Bonchev–Trinajstić information content (AvgIpc) is 2.18. The average molecular weight is 212 g/mol. The highest BCUT2D eigenvalue weighted by Gasteiger charge is 2.18. The normalized spacial score (nSPS) is 12.2. The topological polar surface area (TPSA) is 53.9 Å². The van der Waals surface area contributed by atoms with E-state index in [4.69, 9.17) is 4.74 Å². The van der Waals surface area contributed by atoms with Crippen LogP contribution in [0.15, 0.2) is 24.3 Å². The van der Waals surface area contributed by atoms with Crippen molar-refractivity contribution in [3.63, 3.8) is 0 Å². The summed E-state index contributed by atoms with van der Waals surface area (Å²) in [6, 6.07) is 5.92. The lowest BCUT2D eigenvalue weighted by atomic mass is 10.0. The van der Waals surface area contributed by atoms with Crippen LogP contribution in [0, 0.1) is 5.82 Å². The predicted molar refractivity (Wildman–Crippen MR) is 53.3 cm³/mol. The molecule has 1 unspecified atom stereocenters. The first-order chi connectivity index (χ1) is 7.15. The summed E-state index contributed by atoms with van der Waals surface area (Å²) in [5.41, 5.74) is 4.20. The quantitative estimate of drug-likeness (QED) is 0.759. The minimum atomic E-state index is -0.398. The van der Waals surface area contributed by atoms with Gasteiger partial charge >= 0.3 is 5.97 Å². The van der Waals surface area contributed by atoms with Crippen molar-refractivity contribution in [2.45, 2.75) is 19.4 Å². The van der Waals surface area contributed by atoms with Crippen molar-refractivity contribution in [2.75, 3.05) is 6.61 Å².